The molecule has 1 heterocycles. The molecule has 0 atom stereocenters. The van der Waals surface area contributed by atoms with E-state index in [1.165, 1.54) is 17.4 Å². The van der Waals surface area contributed by atoms with Crippen molar-refractivity contribution < 1.29 is 9.59 Å². The van der Waals surface area contributed by atoms with Crippen LogP contribution in [-0.2, 0) is 4.79 Å². The third-order valence-corrected chi connectivity index (χ3v) is 4.75. The van der Waals surface area contributed by atoms with Crippen LogP contribution in [0.4, 0.5) is 0 Å². The maximum atomic E-state index is 12.3. The molecule has 0 unspecified atom stereocenters. The van der Waals surface area contributed by atoms with Crippen LogP contribution in [0.25, 0.3) is 16.6 Å². The number of amides is 2. The second-order valence-corrected chi connectivity index (χ2v) is 6.49. The number of carbonyl (C=O) groups is 2. The van der Waals surface area contributed by atoms with Crippen molar-refractivity contribution >= 4 is 29.2 Å². The molecular weight excluding hydrogens is 346 g/mol. The molecule has 3 rings (SSSR count). The number of thiazole rings is 1. The first kappa shape index (κ1) is 17.6. The summed E-state index contributed by atoms with van der Waals surface area (Å²) in [6, 6.07) is 19.1. The Bertz CT molecular complexity index is 934. The number of hydrogen-bond donors (Lipinski definition) is 2. The largest absolute Gasteiger partial charge is 0.281 e. The summed E-state index contributed by atoms with van der Waals surface area (Å²) in [5, 5.41) is 0.767. The highest BCUT2D eigenvalue weighted by atomic mass is 32.1. The zero-order valence-electron chi connectivity index (χ0n) is 14.1. The Hall–Kier alpha value is -3.25. The molecule has 5 nitrogen and oxygen atoms in total. The highest BCUT2D eigenvalue weighted by molar-refractivity contribution is 7.17. The van der Waals surface area contributed by atoms with Crippen LogP contribution in [0.5, 0.6) is 0 Å². The molecule has 0 bridgehead atoms. The molecule has 130 valence electrons. The van der Waals surface area contributed by atoms with Crippen LogP contribution in [-0.4, -0.2) is 16.8 Å². The van der Waals surface area contributed by atoms with Crippen molar-refractivity contribution in [3.8, 4) is 10.6 Å². The minimum absolute atomic E-state index is 0.386. The molecule has 0 saturated carbocycles. The van der Waals surface area contributed by atoms with Gasteiger partial charge in [0.25, 0.3) is 11.8 Å². The number of nitrogens with zero attached hydrogens (tertiary/aromatic N) is 1. The van der Waals surface area contributed by atoms with Gasteiger partial charge in [0, 0.05) is 11.6 Å². The van der Waals surface area contributed by atoms with Crippen molar-refractivity contribution in [2.45, 2.75) is 6.92 Å². The second kappa shape index (κ2) is 8.22. The molecule has 0 fully saturated rings. The fourth-order valence-electron chi connectivity index (χ4n) is 2.26. The van der Waals surface area contributed by atoms with E-state index in [1.54, 1.807) is 13.0 Å². The Kier molecular flexibility index (Phi) is 5.56. The van der Waals surface area contributed by atoms with Crippen molar-refractivity contribution in [2.75, 3.05) is 0 Å². The number of rotatable bonds is 4. The van der Waals surface area contributed by atoms with Gasteiger partial charge in [-0.2, -0.15) is 0 Å². The number of benzene rings is 2. The van der Waals surface area contributed by atoms with Crippen molar-refractivity contribution in [3.63, 3.8) is 0 Å². The molecule has 0 aliphatic rings. The molecule has 26 heavy (non-hydrogen) atoms. The van der Waals surface area contributed by atoms with Crippen LogP contribution in [0, 0.1) is 6.92 Å². The first-order valence-electron chi connectivity index (χ1n) is 8.00. The molecule has 0 aliphatic heterocycles. The van der Waals surface area contributed by atoms with E-state index in [1.807, 2.05) is 60.7 Å². The van der Waals surface area contributed by atoms with Crippen molar-refractivity contribution in [1.29, 1.82) is 0 Å². The predicted molar refractivity (Wildman–Crippen MR) is 103 cm³/mol. The fraction of sp³-hybridized carbons (Fsp3) is 0.0500. The maximum absolute atomic E-state index is 12.3. The average Bonchev–Trinajstić information content (AvgIpc) is 3.08. The topological polar surface area (TPSA) is 71.1 Å². The Morgan fingerprint density at radius 2 is 1.62 bits per heavy atom. The summed E-state index contributed by atoms with van der Waals surface area (Å²) in [5.74, 6) is -0.795. The number of aryl methyl sites for hydroxylation is 1. The van der Waals surface area contributed by atoms with Gasteiger partial charge < -0.3 is 0 Å². The van der Waals surface area contributed by atoms with Gasteiger partial charge in [-0.15, -0.1) is 11.3 Å². The van der Waals surface area contributed by atoms with E-state index in [4.69, 9.17) is 0 Å². The molecule has 0 radical (unpaired) electrons. The van der Waals surface area contributed by atoms with Crippen LogP contribution >= 0.6 is 11.3 Å². The van der Waals surface area contributed by atoms with E-state index in [-0.39, 0.29) is 5.91 Å². The summed E-state index contributed by atoms with van der Waals surface area (Å²) in [5.41, 5.74) is 7.28. The highest BCUT2D eigenvalue weighted by Gasteiger charge is 2.16. The van der Waals surface area contributed by atoms with Crippen molar-refractivity contribution in [3.05, 3.63) is 82.9 Å². The molecule has 0 saturated heterocycles. The van der Waals surface area contributed by atoms with Gasteiger partial charge in [0.1, 0.15) is 9.88 Å². The Morgan fingerprint density at radius 3 is 2.31 bits per heavy atom. The van der Waals surface area contributed by atoms with Crippen LogP contribution in [0.15, 0.2) is 66.7 Å². The maximum Gasteiger partial charge on any atom is 0.281 e. The van der Waals surface area contributed by atoms with Gasteiger partial charge >= 0.3 is 0 Å². The van der Waals surface area contributed by atoms with Gasteiger partial charge in [0.2, 0.25) is 0 Å². The number of hydrazine groups is 1. The zero-order valence-corrected chi connectivity index (χ0v) is 14.9. The molecule has 2 aromatic carbocycles. The quantitative estimate of drug-likeness (QED) is 0.550. The van der Waals surface area contributed by atoms with Crippen molar-refractivity contribution in [1.82, 2.24) is 15.8 Å². The van der Waals surface area contributed by atoms with E-state index in [0.29, 0.717) is 10.6 Å². The van der Waals surface area contributed by atoms with Gasteiger partial charge in [0.15, 0.2) is 0 Å². The van der Waals surface area contributed by atoms with E-state index in [2.05, 4.69) is 15.8 Å². The monoisotopic (exact) mass is 363 g/mol. The summed E-state index contributed by atoms with van der Waals surface area (Å²) < 4.78 is 0. The Morgan fingerprint density at radius 1 is 0.962 bits per heavy atom. The summed E-state index contributed by atoms with van der Waals surface area (Å²) in [6.07, 6.45) is 3.04. The third-order valence-electron chi connectivity index (χ3n) is 3.55. The predicted octanol–water partition coefficient (Wildman–Crippen LogP) is 3.59. The van der Waals surface area contributed by atoms with E-state index in [9.17, 15) is 9.59 Å². The molecule has 0 spiro atoms. The third kappa shape index (κ3) is 4.43. The van der Waals surface area contributed by atoms with Crippen LogP contribution < -0.4 is 10.9 Å². The van der Waals surface area contributed by atoms with Gasteiger partial charge in [-0.1, -0.05) is 60.7 Å². The number of hydrogen-bond acceptors (Lipinski definition) is 4. The van der Waals surface area contributed by atoms with Gasteiger partial charge in [-0.3, -0.25) is 20.4 Å². The summed E-state index contributed by atoms with van der Waals surface area (Å²) in [7, 11) is 0. The number of nitrogens with one attached hydrogen (secondary N) is 2. The Balaban J connectivity index is 1.61. The molecule has 3 aromatic rings. The molecule has 0 aliphatic carbocycles. The van der Waals surface area contributed by atoms with Gasteiger partial charge in [0.05, 0.1) is 5.69 Å². The average molecular weight is 363 g/mol. The SMILES string of the molecule is Cc1nc(-c2ccccc2)sc1C(=O)NNC(=O)/C=C/c1ccccc1. The summed E-state index contributed by atoms with van der Waals surface area (Å²) in [4.78, 5) is 29.1. The molecule has 2 amide bonds. The number of carbonyl (C=O) groups excluding carboxylic acids is 2. The van der Waals surface area contributed by atoms with Gasteiger partial charge in [-0.05, 0) is 18.6 Å². The summed E-state index contributed by atoms with van der Waals surface area (Å²) in [6.45, 7) is 1.77. The lowest BCUT2D eigenvalue weighted by molar-refractivity contribution is -0.117. The first-order valence-corrected chi connectivity index (χ1v) is 8.81. The van der Waals surface area contributed by atoms with Crippen LogP contribution in [0.3, 0.4) is 0 Å². The Labute approximate surface area is 155 Å². The summed E-state index contributed by atoms with van der Waals surface area (Å²) >= 11 is 1.29. The number of aromatic nitrogens is 1. The lowest BCUT2D eigenvalue weighted by Crippen LogP contribution is -2.40. The standard InChI is InChI=1S/C20H17N3O2S/c1-14-18(26-20(21-14)16-10-6-3-7-11-16)19(25)23-22-17(24)13-12-15-8-4-2-5-9-15/h2-13H,1H3,(H,22,24)(H,23,25)/b13-12+. The smallest absolute Gasteiger partial charge is 0.268 e. The molecule has 1 aromatic heterocycles. The molecule has 6 heteroatoms. The fourth-order valence-corrected chi connectivity index (χ4v) is 3.23. The second-order valence-electron chi connectivity index (χ2n) is 5.49. The minimum Gasteiger partial charge on any atom is -0.268 e. The van der Waals surface area contributed by atoms with Crippen LogP contribution in [0.1, 0.15) is 20.9 Å². The zero-order chi connectivity index (χ0) is 18.4. The first-order chi connectivity index (χ1) is 12.6. The normalized spacial score (nSPS) is 10.7. The van der Waals surface area contributed by atoms with Crippen molar-refractivity contribution in [2.24, 2.45) is 0 Å². The van der Waals surface area contributed by atoms with E-state index in [0.717, 1.165) is 16.1 Å². The molecular formula is C20H17N3O2S. The van der Waals surface area contributed by atoms with Crippen LogP contribution in [0.2, 0.25) is 0 Å². The van der Waals surface area contributed by atoms with E-state index >= 15 is 0 Å². The molecule has 2 N–H and O–H groups in total. The minimum atomic E-state index is -0.410. The highest BCUT2D eigenvalue weighted by Crippen LogP contribution is 2.27. The lowest BCUT2D eigenvalue weighted by Gasteiger charge is -2.03. The van der Waals surface area contributed by atoms with E-state index < -0.39 is 5.91 Å². The van der Waals surface area contributed by atoms with Gasteiger partial charge in [-0.25, -0.2) is 4.98 Å². The lowest BCUT2D eigenvalue weighted by atomic mass is 10.2.